The van der Waals surface area contributed by atoms with Gasteiger partial charge in [-0.1, -0.05) is 29.5 Å². The standard InChI is InChI=1S/C29H26N2O6S/c1-5-37-18-12-10-17(11-13-18)25(32)23-24(19-7-6-8-21(35-3)27(19)36-4)31(28(34)26(23)33)29-30-20-14-9-16(2)15-22(20)38-29/h6-15,24,32H,5H2,1-4H3/b25-23+. The highest BCUT2D eigenvalue weighted by Crippen LogP contribution is 2.48. The molecule has 1 aliphatic rings. The van der Waals surface area contributed by atoms with Crippen molar-refractivity contribution in [2.45, 2.75) is 19.9 Å². The molecule has 0 saturated carbocycles. The third-order valence-corrected chi connectivity index (χ3v) is 7.37. The summed E-state index contributed by atoms with van der Waals surface area (Å²) in [6.45, 7) is 4.34. The first-order valence-corrected chi connectivity index (χ1v) is 12.8. The molecular formula is C29H26N2O6S. The van der Waals surface area contributed by atoms with Gasteiger partial charge in [0.1, 0.15) is 17.6 Å². The first-order chi connectivity index (χ1) is 18.4. The molecule has 1 saturated heterocycles. The Labute approximate surface area is 223 Å². The smallest absolute Gasteiger partial charge is 0.301 e. The summed E-state index contributed by atoms with van der Waals surface area (Å²) < 4.78 is 17.5. The van der Waals surface area contributed by atoms with Crippen LogP contribution in [0.3, 0.4) is 0 Å². The normalized spacial score (nSPS) is 16.7. The van der Waals surface area contributed by atoms with E-state index < -0.39 is 17.7 Å². The van der Waals surface area contributed by atoms with Crippen LogP contribution in [0.5, 0.6) is 17.2 Å². The number of aryl methyl sites for hydroxylation is 1. The van der Waals surface area contributed by atoms with Gasteiger partial charge < -0.3 is 19.3 Å². The molecule has 0 aliphatic carbocycles. The predicted octanol–water partition coefficient (Wildman–Crippen LogP) is 5.65. The molecule has 1 fully saturated rings. The molecule has 8 nitrogen and oxygen atoms in total. The number of rotatable bonds is 7. The van der Waals surface area contributed by atoms with E-state index in [0.29, 0.717) is 45.6 Å². The van der Waals surface area contributed by atoms with E-state index in [1.165, 1.54) is 30.5 Å². The second-order valence-electron chi connectivity index (χ2n) is 8.68. The number of carbonyl (C=O) groups is 2. The summed E-state index contributed by atoms with van der Waals surface area (Å²) in [6, 6.07) is 16.7. The first-order valence-electron chi connectivity index (χ1n) is 12.0. The lowest BCUT2D eigenvalue weighted by molar-refractivity contribution is -0.132. The zero-order valence-electron chi connectivity index (χ0n) is 21.3. The van der Waals surface area contributed by atoms with Crippen LogP contribution in [0.15, 0.2) is 66.2 Å². The van der Waals surface area contributed by atoms with E-state index in [1.807, 2.05) is 32.0 Å². The number of aromatic nitrogens is 1. The highest BCUT2D eigenvalue weighted by molar-refractivity contribution is 7.22. The number of amides is 1. The largest absolute Gasteiger partial charge is 0.507 e. The van der Waals surface area contributed by atoms with Crippen molar-refractivity contribution in [3.63, 3.8) is 0 Å². The second kappa shape index (κ2) is 10.2. The number of hydrogen-bond donors (Lipinski definition) is 1. The van der Waals surface area contributed by atoms with Crippen LogP contribution in [0.2, 0.25) is 0 Å². The maximum atomic E-state index is 13.6. The second-order valence-corrected chi connectivity index (χ2v) is 9.69. The van der Waals surface area contributed by atoms with E-state index in [9.17, 15) is 14.7 Å². The molecule has 2 heterocycles. The number of ketones is 1. The molecule has 1 aromatic heterocycles. The van der Waals surface area contributed by atoms with Crippen molar-refractivity contribution in [1.29, 1.82) is 0 Å². The molecule has 0 radical (unpaired) electrons. The van der Waals surface area contributed by atoms with Gasteiger partial charge in [0.25, 0.3) is 5.78 Å². The third-order valence-electron chi connectivity index (χ3n) is 6.35. The van der Waals surface area contributed by atoms with Gasteiger partial charge in [0, 0.05) is 11.1 Å². The van der Waals surface area contributed by atoms with Gasteiger partial charge in [-0.25, -0.2) is 4.98 Å². The maximum absolute atomic E-state index is 13.6. The van der Waals surface area contributed by atoms with Crippen LogP contribution in [0, 0.1) is 6.92 Å². The van der Waals surface area contributed by atoms with Crippen LogP contribution >= 0.6 is 11.3 Å². The summed E-state index contributed by atoms with van der Waals surface area (Å²) >= 11 is 1.30. The summed E-state index contributed by atoms with van der Waals surface area (Å²) in [5.74, 6) is -0.510. The molecule has 0 bridgehead atoms. The van der Waals surface area contributed by atoms with Crippen molar-refractivity contribution in [3.8, 4) is 17.2 Å². The number of Topliss-reactive ketones (excluding diaryl/α,β-unsaturated/α-hetero) is 1. The Bertz CT molecular complexity index is 1570. The fourth-order valence-corrected chi connectivity index (χ4v) is 5.70. The number of hydrogen-bond acceptors (Lipinski definition) is 8. The van der Waals surface area contributed by atoms with Gasteiger partial charge in [-0.05, 0) is 61.9 Å². The Morgan fingerprint density at radius 1 is 1.05 bits per heavy atom. The van der Waals surface area contributed by atoms with E-state index in [-0.39, 0.29) is 11.3 Å². The Morgan fingerprint density at radius 3 is 2.50 bits per heavy atom. The van der Waals surface area contributed by atoms with Crippen LogP contribution < -0.4 is 19.1 Å². The summed E-state index contributed by atoms with van der Waals surface area (Å²) in [5, 5.41) is 11.8. The lowest BCUT2D eigenvalue weighted by Crippen LogP contribution is -2.29. The number of anilines is 1. The van der Waals surface area contributed by atoms with Crippen LogP contribution in [0.4, 0.5) is 5.13 Å². The lowest BCUT2D eigenvalue weighted by atomic mass is 9.94. The number of thiazole rings is 1. The molecule has 1 atom stereocenters. The molecule has 194 valence electrons. The van der Waals surface area contributed by atoms with E-state index in [4.69, 9.17) is 14.2 Å². The Kier molecular flexibility index (Phi) is 6.77. The Morgan fingerprint density at radius 2 is 1.82 bits per heavy atom. The maximum Gasteiger partial charge on any atom is 0.301 e. The van der Waals surface area contributed by atoms with Gasteiger partial charge in [0.05, 0.1) is 36.6 Å². The van der Waals surface area contributed by atoms with E-state index in [1.54, 1.807) is 42.5 Å². The van der Waals surface area contributed by atoms with Gasteiger partial charge in [-0.15, -0.1) is 0 Å². The van der Waals surface area contributed by atoms with Crippen molar-refractivity contribution in [2.75, 3.05) is 25.7 Å². The first kappa shape index (κ1) is 25.3. The number of benzene rings is 3. The van der Waals surface area contributed by atoms with E-state index in [2.05, 4.69) is 4.98 Å². The number of methoxy groups -OCH3 is 2. The highest BCUT2D eigenvalue weighted by atomic mass is 32.1. The van der Waals surface area contributed by atoms with Crippen LogP contribution in [0.25, 0.3) is 16.0 Å². The molecule has 0 spiro atoms. The van der Waals surface area contributed by atoms with Gasteiger partial charge in [0.15, 0.2) is 16.6 Å². The van der Waals surface area contributed by atoms with Crippen molar-refractivity contribution in [3.05, 3.63) is 82.9 Å². The molecule has 38 heavy (non-hydrogen) atoms. The molecule has 1 aliphatic heterocycles. The van der Waals surface area contributed by atoms with Crippen molar-refractivity contribution >= 4 is 44.1 Å². The van der Waals surface area contributed by atoms with Gasteiger partial charge in [-0.2, -0.15) is 0 Å². The number of aliphatic hydroxyl groups is 1. The fourth-order valence-electron chi connectivity index (χ4n) is 4.61. The van der Waals surface area contributed by atoms with Crippen molar-refractivity contribution in [1.82, 2.24) is 4.98 Å². The quantitative estimate of drug-likeness (QED) is 0.187. The number of carbonyl (C=O) groups excluding carboxylic acids is 2. The molecule has 5 rings (SSSR count). The molecule has 1 amide bonds. The minimum atomic E-state index is -1.01. The molecule has 4 aromatic rings. The molecular weight excluding hydrogens is 504 g/mol. The number of para-hydroxylation sites is 1. The lowest BCUT2D eigenvalue weighted by Gasteiger charge is -2.25. The van der Waals surface area contributed by atoms with Crippen molar-refractivity contribution < 1.29 is 28.9 Å². The summed E-state index contributed by atoms with van der Waals surface area (Å²) in [7, 11) is 2.99. The van der Waals surface area contributed by atoms with E-state index >= 15 is 0 Å². The van der Waals surface area contributed by atoms with E-state index in [0.717, 1.165) is 10.3 Å². The highest BCUT2D eigenvalue weighted by Gasteiger charge is 2.49. The monoisotopic (exact) mass is 530 g/mol. The average molecular weight is 531 g/mol. The fraction of sp³-hybridized carbons (Fsp3) is 0.207. The molecule has 3 aromatic carbocycles. The SMILES string of the molecule is CCOc1ccc(/C(O)=C2\C(=O)C(=O)N(c3nc4ccc(C)cc4s3)C2c2cccc(OC)c2OC)cc1. The minimum Gasteiger partial charge on any atom is -0.507 e. The Balaban J connectivity index is 1.74. The number of ether oxygens (including phenoxy) is 3. The van der Waals surface area contributed by atoms with Gasteiger partial charge in [0.2, 0.25) is 0 Å². The zero-order valence-corrected chi connectivity index (χ0v) is 22.2. The minimum absolute atomic E-state index is 0.0684. The topological polar surface area (TPSA) is 98.2 Å². The molecule has 1 N–H and O–H groups in total. The molecule has 1 unspecified atom stereocenters. The Hall–Kier alpha value is -4.37. The van der Waals surface area contributed by atoms with Crippen LogP contribution in [0.1, 0.15) is 29.7 Å². The van der Waals surface area contributed by atoms with Gasteiger partial charge >= 0.3 is 5.91 Å². The van der Waals surface area contributed by atoms with Crippen molar-refractivity contribution in [2.24, 2.45) is 0 Å². The van der Waals surface area contributed by atoms with Crippen LogP contribution in [-0.2, 0) is 9.59 Å². The summed E-state index contributed by atoms with van der Waals surface area (Å²) in [6.07, 6.45) is 0. The van der Waals surface area contributed by atoms with Crippen LogP contribution in [-0.4, -0.2) is 42.6 Å². The average Bonchev–Trinajstić information content (AvgIpc) is 3.45. The molecule has 9 heteroatoms. The number of fused-ring (bicyclic) bond motifs is 1. The number of aliphatic hydroxyl groups excluding tert-OH is 1. The number of nitrogens with zero attached hydrogens (tertiary/aromatic N) is 2. The summed E-state index contributed by atoms with van der Waals surface area (Å²) in [4.78, 5) is 33.1. The summed E-state index contributed by atoms with van der Waals surface area (Å²) in [5.41, 5.74) is 2.55. The predicted molar refractivity (Wildman–Crippen MR) is 146 cm³/mol. The van der Waals surface area contributed by atoms with Gasteiger partial charge in [-0.3, -0.25) is 14.5 Å². The third kappa shape index (κ3) is 4.24. The zero-order chi connectivity index (χ0) is 27.0.